The Bertz CT molecular complexity index is 720. The lowest BCUT2D eigenvalue weighted by atomic mass is 9.81. The molecule has 1 amide bonds. The molecule has 0 aromatic carbocycles. The van der Waals surface area contributed by atoms with Crippen molar-refractivity contribution in [1.29, 1.82) is 0 Å². The number of ether oxygens (including phenoxy) is 3. The van der Waals surface area contributed by atoms with E-state index in [0.717, 1.165) is 38.5 Å². The first-order chi connectivity index (χ1) is 14.8. The van der Waals surface area contributed by atoms with Crippen LogP contribution in [0.25, 0.3) is 0 Å². The lowest BCUT2D eigenvalue weighted by molar-refractivity contribution is -0.172. The molecular formula is C21H31NO8S. The highest BCUT2D eigenvalue weighted by Gasteiger charge is 2.72. The number of aliphatic hydroxyl groups excluding tert-OH is 1. The van der Waals surface area contributed by atoms with Gasteiger partial charge in [-0.2, -0.15) is 0 Å². The third kappa shape index (κ3) is 3.80. The highest BCUT2D eigenvalue weighted by atomic mass is 32.2. The van der Waals surface area contributed by atoms with Crippen molar-refractivity contribution in [2.24, 2.45) is 5.92 Å². The van der Waals surface area contributed by atoms with Crippen LogP contribution in [0.4, 0.5) is 4.79 Å². The first-order valence-electron chi connectivity index (χ1n) is 11.2. The van der Waals surface area contributed by atoms with Gasteiger partial charge in [-0.1, -0.05) is 6.42 Å². The number of β-lactam (4-membered cyclic amide) rings is 1. The number of hydrogen-bond acceptors (Lipinski definition) is 8. The van der Waals surface area contributed by atoms with Gasteiger partial charge in [0.25, 0.3) is 0 Å². The zero-order valence-corrected chi connectivity index (χ0v) is 18.7. The molecule has 1 aliphatic carbocycles. The van der Waals surface area contributed by atoms with Gasteiger partial charge >= 0.3 is 12.1 Å². The van der Waals surface area contributed by atoms with E-state index >= 15 is 0 Å². The Morgan fingerprint density at radius 1 is 1.19 bits per heavy atom. The van der Waals surface area contributed by atoms with Crippen LogP contribution in [0, 0.1) is 5.92 Å². The van der Waals surface area contributed by atoms with Gasteiger partial charge in [-0.15, -0.1) is 11.8 Å². The van der Waals surface area contributed by atoms with Crippen molar-refractivity contribution in [2.45, 2.75) is 99.4 Å². The third-order valence-corrected chi connectivity index (χ3v) is 9.05. The molecule has 10 heteroatoms. The van der Waals surface area contributed by atoms with E-state index in [9.17, 15) is 24.6 Å². The largest absolute Gasteiger partial charge is 0.508 e. The van der Waals surface area contributed by atoms with Crippen LogP contribution in [-0.4, -0.2) is 80.3 Å². The lowest BCUT2D eigenvalue weighted by Gasteiger charge is -2.45. The minimum atomic E-state index is -1.22. The number of nitrogens with zero attached hydrogens (tertiary/aromatic N) is 1. The fourth-order valence-corrected chi connectivity index (χ4v) is 7.68. The zero-order valence-electron chi connectivity index (χ0n) is 17.9. The molecule has 9 nitrogen and oxygen atoms in total. The summed E-state index contributed by atoms with van der Waals surface area (Å²) in [5.74, 6) is -2.24. The van der Waals surface area contributed by atoms with Crippen molar-refractivity contribution in [3.8, 4) is 0 Å². The summed E-state index contributed by atoms with van der Waals surface area (Å²) in [6, 6.07) is -1.22. The number of fused-ring (bicyclic) bond motifs is 1. The van der Waals surface area contributed by atoms with E-state index in [1.165, 1.54) is 23.6 Å². The van der Waals surface area contributed by atoms with Crippen molar-refractivity contribution < 1.29 is 38.8 Å². The maximum absolute atomic E-state index is 12.7. The fourth-order valence-electron chi connectivity index (χ4n) is 5.51. The van der Waals surface area contributed by atoms with Crippen molar-refractivity contribution in [1.82, 2.24) is 4.90 Å². The van der Waals surface area contributed by atoms with E-state index in [2.05, 4.69) is 0 Å². The second-order valence-corrected chi connectivity index (χ2v) is 10.4. The van der Waals surface area contributed by atoms with Crippen molar-refractivity contribution >= 4 is 29.8 Å². The summed E-state index contributed by atoms with van der Waals surface area (Å²) >= 11 is 1.28. The molecule has 4 rings (SSSR count). The van der Waals surface area contributed by atoms with E-state index in [-0.39, 0.29) is 6.10 Å². The predicted molar refractivity (Wildman–Crippen MR) is 110 cm³/mol. The van der Waals surface area contributed by atoms with Gasteiger partial charge in [0.15, 0.2) is 6.04 Å². The van der Waals surface area contributed by atoms with Gasteiger partial charge in [-0.05, 0) is 52.4 Å². The first-order valence-corrected chi connectivity index (χ1v) is 12.0. The van der Waals surface area contributed by atoms with Gasteiger partial charge in [0.2, 0.25) is 5.91 Å². The molecule has 4 aliphatic rings. The van der Waals surface area contributed by atoms with Gasteiger partial charge < -0.3 is 29.3 Å². The predicted octanol–water partition coefficient (Wildman–Crippen LogP) is 2.14. The number of carboxylic acid groups (broad SMARTS) is 1. The van der Waals surface area contributed by atoms with Crippen molar-refractivity contribution in [3.05, 3.63) is 0 Å². The molecule has 0 radical (unpaired) electrons. The Hall–Kier alpha value is -1.52. The molecule has 1 saturated carbocycles. The van der Waals surface area contributed by atoms with Crippen LogP contribution >= 0.6 is 11.8 Å². The normalized spacial score (nSPS) is 37.6. The molecular weight excluding hydrogens is 426 g/mol. The van der Waals surface area contributed by atoms with Crippen LogP contribution in [-0.2, 0) is 23.8 Å². The Kier molecular flexibility index (Phi) is 6.42. The number of carboxylic acids is 1. The highest BCUT2D eigenvalue weighted by Crippen LogP contribution is 2.59. The van der Waals surface area contributed by atoms with E-state index in [1.54, 1.807) is 6.92 Å². The fraction of sp³-hybridized carbons (Fsp3) is 0.857. The van der Waals surface area contributed by atoms with Crippen LogP contribution < -0.4 is 0 Å². The van der Waals surface area contributed by atoms with E-state index in [0.29, 0.717) is 13.0 Å². The molecule has 3 aliphatic heterocycles. The summed E-state index contributed by atoms with van der Waals surface area (Å²) in [7, 11) is 0. The summed E-state index contributed by atoms with van der Waals surface area (Å²) in [6.45, 7) is 3.67. The van der Waals surface area contributed by atoms with Crippen LogP contribution in [0.2, 0.25) is 0 Å². The highest BCUT2D eigenvalue weighted by molar-refractivity contribution is 8.01. The third-order valence-electron chi connectivity index (χ3n) is 7.06. The van der Waals surface area contributed by atoms with Gasteiger partial charge in [0, 0.05) is 6.61 Å². The molecule has 31 heavy (non-hydrogen) atoms. The van der Waals surface area contributed by atoms with Gasteiger partial charge in [0.1, 0.15) is 17.0 Å². The Morgan fingerprint density at radius 3 is 2.48 bits per heavy atom. The number of carbonyl (C=O) groups is 3. The Labute approximate surface area is 185 Å². The smallest absolute Gasteiger partial charge is 0.480 e. The first kappa shape index (κ1) is 22.7. The van der Waals surface area contributed by atoms with Crippen molar-refractivity contribution in [3.63, 3.8) is 0 Å². The monoisotopic (exact) mass is 457 g/mol. The number of rotatable bonds is 6. The lowest BCUT2D eigenvalue weighted by Crippen LogP contribution is -2.68. The minimum absolute atomic E-state index is 0.181. The molecule has 0 aromatic heterocycles. The number of aliphatic hydroxyl groups is 1. The molecule has 2 N–H and O–H groups in total. The van der Waals surface area contributed by atoms with Crippen LogP contribution in [0.15, 0.2) is 0 Å². The van der Waals surface area contributed by atoms with Gasteiger partial charge in [-0.25, -0.2) is 9.59 Å². The summed E-state index contributed by atoms with van der Waals surface area (Å²) in [5.41, 5.74) is 0. The number of carbonyl (C=O) groups excluding carboxylic acids is 2. The molecule has 0 spiro atoms. The summed E-state index contributed by atoms with van der Waals surface area (Å²) in [5, 5.41) is 19.7. The summed E-state index contributed by atoms with van der Waals surface area (Å²) < 4.78 is 15.9. The van der Waals surface area contributed by atoms with Crippen molar-refractivity contribution in [2.75, 3.05) is 6.61 Å². The Balaban J connectivity index is 1.59. The average Bonchev–Trinajstić information content (AvgIpc) is 3.33. The molecule has 174 valence electrons. The second kappa shape index (κ2) is 8.78. The summed E-state index contributed by atoms with van der Waals surface area (Å²) in [6.07, 6.45) is 2.84. The number of aliphatic carboxylic acids is 1. The zero-order chi connectivity index (χ0) is 22.3. The van der Waals surface area contributed by atoms with Crippen LogP contribution in [0.1, 0.15) is 58.8 Å². The average molecular weight is 458 g/mol. The maximum Gasteiger partial charge on any atom is 0.508 e. The standard InChI is InChI=1S/C21H31NO8S/c1-11(23)15-17(24)22-16(19(25)26)21(31-18(15)22,14-9-6-10-28-14)12(2)29-20(27)30-13-7-4-3-5-8-13/h11-16,18,23H,3-10H2,1-2H3,(H,25,26)/t11-,12?,14-,15+,16?,18-,21?/m1/s1. The minimum Gasteiger partial charge on any atom is -0.480 e. The number of thioether (sulfide) groups is 1. The topological polar surface area (TPSA) is 123 Å². The second-order valence-electron chi connectivity index (χ2n) is 9.00. The van der Waals surface area contributed by atoms with Gasteiger partial charge in [0.05, 0.1) is 23.5 Å². The van der Waals surface area contributed by atoms with E-state index in [4.69, 9.17) is 14.2 Å². The molecule has 3 unspecified atom stereocenters. The van der Waals surface area contributed by atoms with E-state index < -0.39 is 58.4 Å². The molecule has 0 aromatic rings. The number of amides is 1. The SMILES string of the molecule is CC(OC(=O)OC1CCCCC1)C1([C@H]2CCCO2)S[C@@H]2[C@@H]([C@@H](C)O)C(=O)N2C1C(=O)O. The van der Waals surface area contributed by atoms with Gasteiger partial charge in [-0.3, -0.25) is 4.79 Å². The summed E-state index contributed by atoms with van der Waals surface area (Å²) in [4.78, 5) is 39.0. The Morgan fingerprint density at radius 2 is 1.90 bits per heavy atom. The molecule has 3 saturated heterocycles. The quantitative estimate of drug-likeness (QED) is 0.456. The molecule has 7 atom stereocenters. The molecule has 3 heterocycles. The molecule has 4 fully saturated rings. The number of hydrogen-bond donors (Lipinski definition) is 2. The van der Waals surface area contributed by atoms with Crippen LogP contribution in [0.5, 0.6) is 0 Å². The molecule has 0 bridgehead atoms. The van der Waals surface area contributed by atoms with Crippen LogP contribution in [0.3, 0.4) is 0 Å². The van der Waals surface area contributed by atoms with E-state index in [1.807, 2.05) is 0 Å². The maximum atomic E-state index is 12.7.